The van der Waals surface area contributed by atoms with Gasteiger partial charge in [0.05, 0.1) is 13.2 Å². The highest BCUT2D eigenvalue weighted by Gasteiger charge is 2.01. The molecule has 4 N–H and O–H groups in total. The Bertz CT molecular complexity index is 395. The van der Waals surface area contributed by atoms with Gasteiger partial charge in [0.15, 0.2) is 0 Å². The maximum atomic E-state index is 13.1. The van der Waals surface area contributed by atoms with Crippen LogP contribution in [-0.4, -0.2) is 26.2 Å². The van der Waals surface area contributed by atoms with Crippen molar-refractivity contribution in [2.75, 3.05) is 25.6 Å². The Hall–Kier alpha value is -1.66. The highest BCUT2D eigenvalue weighted by molar-refractivity contribution is 5.93. The van der Waals surface area contributed by atoms with Crippen molar-refractivity contribution in [3.63, 3.8) is 0 Å². The highest BCUT2D eigenvalue weighted by Crippen LogP contribution is 2.13. The molecule has 94 valence electrons. The highest BCUT2D eigenvalue weighted by atomic mass is 19.1. The predicted octanol–water partition coefficient (Wildman–Crippen LogP) is 1.01. The van der Waals surface area contributed by atoms with Gasteiger partial charge in [0.1, 0.15) is 5.82 Å². The number of ether oxygens (including phenoxy) is 1. The van der Waals surface area contributed by atoms with Gasteiger partial charge < -0.3 is 10.1 Å². The number of anilines is 1. The molecule has 17 heavy (non-hydrogen) atoms. The number of nitrogens with one attached hydrogen (secondary N) is 2. The Kier molecular flexibility index (Phi) is 5.38. The van der Waals surface area contributed by atoms with Crippen molar-refractivity contribution in [1.82, 2.24) is 5.43 Å². The minimum Gasteiger partial charge on any atom is -0.383 e. The number of hydrogen-bond donors (Lipinski definition) is 3. The normalized spacial score (nSPS) is 11.4. The van der Waals surface area contributed by atoms with Gasteiger partial charge in [-0.2, -0.15) is 0 Å². The van der Waals surface area contributed by atoms with Crippen molar-refractivity contribution in [3.05, 3.63) is 29.6 Å². The molecule has 0 radical (unpaired) electrons. The first kappa shape index (κ1) is 13.4. The zero-order valence-corrected chi connectivity index (χ0v) is 9.96. The molecule has 1 rings (SSSR count). The Labute approximate surface area is 99.8 Å². The zero-order chi connectivity index (χ0) is 12.7. The minimum absolute atomic E-state index is 0.242. The first-order valence-electron chi connectivity index (χ1n) is 5.20. The van der Waals surface area contributed by atoms with Gasteiger partial charge in [0, 0.05) is 12.8 Å². The summed E-state index contributed by atoms with van der Waals surface area (Å²) in [7, 11) is 1.60. The Morgan fingerprint density at radius 1 is 1.53 bits per heavy atom. The van der Waals surface area contributed by atoms with Crippen LogP contribution in [0.4, 0.5) is 10.1 Å². The number of nitrogens with zero attached hydrogens (tertiary/aromatic N) is 1. The molecule has 0 unspecified atom stereocenters. The molecule has 0 atom stereocenters. The van der Waals surface area contributed by atoms with Crippen LogP contribution in [0.15, 0.2) is 23.2 Å². The molecule has 0 spiro atoms. The second-order valence-electron chi connectivity index (χ2n) is 3.46. The van der Waals surface area contributed by atoms with E-state index in [-0.39, 0.29) is 5.82 Å². The fraction of sp³-hybridized carbons (Fsp3) is 0.364. The van der Waals surface area contributed by atoms with E-state index in [1.165, 1.54) is 6.07 Å². The Balaban J connectivity index is 2.67. The lowest BCUT2D eigenvalue weighted by Gasteiger charge is -2.10. The largest absolute Gasteiger partial charge is 0.383 e. The molecule has 0 saturated carbocycles. The average Bonchev–Trinajstić information content (AvgIpc) is 2.32. The molecule has 0 aliphatic heterocycles. The number of guanidine groups is 1. The van der Waals surface area contributed by atoms with Crippen LogP contribution >= 0.6 is 0 Å². The molecule has 0 heterocycles. The lowest BCUT2D eigenvalue weighted by Crippen LogP contribution is -2.36. The van der Waals surface area contributed by atoms with Crippen LogP contribution in [0.1, 0.15) is 5.56 Å². The van der Waals surface area contributed by atoms with Crippen molar-refractivity contribution in [2.24, 2.45) is 10.8 Å². The summed E-state index contributed by atoms with van der Waals surface area (Å²) in [5.74, 6) is 5.48. The molecule has 6 heteroatoms. The van der Waals surface area contributed by atoms with E-state index in [0.29, 0.717) is 24.7 Å². The zero-order valence-electron chi connectivity index (χ0n) is 9.96. The molecule has 0 aliphatic carbocycles. The number of nitrogens with two attached hydrogens (primary N) is 1. The molecule has 0 bridgehead atoms. The van der Waals surface area contributed by atoms with Gasteiger partial charge in [-0.15, -0.1) is 0 Å². The van der Waals surface area contributed by atoms with Crippen molar-refractivity contribution < 1.29 is 9.13 Å². The summed E-state index contributed by atoms with van der Waals surface area (Å²) >= 11 is 0. The van der Waals surface area contributed by atoms with E-state index in [4.69, 9.17) is 10.6 Å². The quantitative estimate of drug-likeness (QED) is 0.241. The fourth-order valence-electron chi connectivity index (χ4n) is 1.23. The van der Waals surface area contributed by atoms with Crippen LogP contribution in [0.2, 0.25) is 0 Å². The van der Waals surface area contributed by atoms with Crippen molar-refractivity contribution >= 4 is 11.6 Å². The Morgan fingerprint density at radius 2 is 2.29 bits per heavy atom. The number of aryl methyl sites for hydroxylation is 1. The molecule has 0 fully saturated rings. The summed E-state index contributed by atoms with van der Waals surface area (Å²) < 4.78 is 17.9. The van der Waals surface area contributed by atoms with E-state index in [1.54, 1.807) is 26.2 Å². The van der Waals surface area contributed by atoms with Gasteiger partial charge in [-0.25, -0.2) is 15.2 Å². The number of hydrogen-bond acceptors (Lipinski definition) is 3. The van der Waals surface area contributed by atoms with Gasteiger partial charge in [-0.05, 0) is 30.7 Å². The third-order valence-corrected chi connectivity index (χ3v) is 2.12. The molecule has 0 amide bonds. The number of hydrazine groups is 1. The molecule has 0 saturated heterocycles. The lowest BCUT2D eigenvalue weighted by atomic mass is 10.2. The van der Waals surface area contributed by atoms with E-state index in [0.717, 1.165) is 5.69 Å². The van der Waals surface area contributed by atoms with Crippen molar-refractivity contribution in [2.45, 2.75) is 6.92 Å². The van der Waals surface area contributed by atoms with E-state index in [9.17, 15) is 4.39 Å². The van der Waals surface area contributed by atoms with Crippen molar-refractivity contribution in [1.29, 1.82) is 0 Å². The van der Waals surface area contributed by atoms with Crippen LogP contribution < -0.4 is 16.6 Å². The van der Waals surface area contributed by atoms with Crippen LogP contribution in [-0.2, 0) is 4.74 Å². The first-order valence-corrected chi connectivity index (χ1v) is 5.20. The second-order valence-corrected chi connectivity index (χ2v) is 3.46. The maximum absolute atomic E-state index is 13.1. The van der Waals surface area contributed by atoms with Gasteiger partial charge >= 0.3 is 0 Å². The van der Waals surface area contributed by atoms with E-state index in [1.807, 2.05) is 0 Å². The summed E-state index contributed by atoms with van der Waals surface area (Å²) in [6.07, 6.45) is 0. The molecule has 0 aromatic heterocycles. The Morgan fingerprint density at radius 3 is 2.88 bits per heavy atom. The monoisotopic (exact) mass is 240 g/mol. The first-order chi connectivity index (χ1) is 8.17. The van der Waals surface area contributed by atoms with Gasteiger partial charge in [0.2, 0.25) is 5.96 Å². The lowest BCUT2D eigenvalue weighted by molar-refractivity contribution is 0.208. The van der Waals surface area contributed by atoms with E-state index in [2.05, 4.69) is 15.7 Å². The standard InChI is InChI=1S/C11H17FN4O/c1-8-7-9(3-4-10(8)12)15-11(16-13)14-5-6-17-2/h3-4,7H,5-6,13H2,1-2H3,(H2,14,15,16). The minimum atomic E-state index is -0.242. The van der Waals surface area contributed by atoms with Gasteiger partial charge in [-0.1, -0.05) is 0 Å². The van der Waals surface area contributed by atoms with Crippen LogP contribution in [0.3, 0.4) is 0 Å². The number of benzene rings is 1. The molecule has 1 aromatic carbocycles. The third kappa shape index (κ3) is 4.38. The smallest absolute Gasteiger partial charge is 0.210 e. The summed E-state index contributed by atoms with van der Waals surface area (Å²) in [6, 6.07) is 4.69. The van der Waals surface area contributed by atoms with Crippen LogP contribution in [0.5, 0.6) is 0 Å². The van der Waals surface area contributed by atoms with E-state index >= 15 is 0 Å². The molecule has 1 aromatic rings. The summed E-state index contributed by atoms with van der Waals surface area (Å²) in [4.78, 5) is 4.13. The van der Waals surface area contributed by atoms with Crippen LogP contribution in [0, 0.1) is 12.7 Å². The summed E-state index contributed by atoms with van der Waals surface area (Å²) in [6.45, 7) is 2.69. The van der Waals surface area contributed by atoms with Crippen molar-refractivity contribution in [3.8, 4) is 0 Å². The van der Waals surface area contributed by atoms with E-state index < -0.39 is 0 Å². The SMILES string of the molecule is COCCN=C(NN)Nc1ccc(F)c(C)c1. The molecule has 0 aliphatic rings. The summed E-state index contributed by atoms with van der Waals surface area (Å²) in [5, 5.41) is 2.95. The predicted molar refractivity (Wildman–Crippen MR) is 66.3 cm³/mol. The topological polar surface area (TPSA) is 71.7 Å². The van der Waals surface area contributed by atoms with Gasteiger partial charge in [0.25, 0.3) is 0 Å². The van der Waals surface area contributed by atoms with Gasteiger partial charge in [-0.3, -0.25) is 5.43 Å². The molecular formula is C11H17FN4O. The summed E-state index contributed by atoms with van der Waals surface area (Å²) in [5.41, 5.74) is 3.71. The molecular weight excluding hydrogens is 223 g/mol. The number of methoxy groups -OCH3 is 1. The molecule has 5 nitrogen and oxygen atoms in total. The third-order valence-electron chi connectivity index (χ3n) is 2.12. The maximum Gasteiger partial charge on any atom is 0.210 e. The second kappa shape index (κ2) is 6.82. The van der Waals surface area contributed by atoms with Crippen LogP contribution in [0.25, 0.3) is 0 Å². The number of halogens is 1. The number of rotatable bonds is 4. The number of aliphatic imine (C=N–C) groups is 1. The average molecular weight is 240 g/mol. The fourth-order valence-corrected chi connectivity index (χ4v) is 1.23.